The number of hydrogen-bond acceptors (Lipinski definition) is 5. The molecule has 0 aliphatic carbocycles. The Morgan fingerprint density at radius 2 is 2.15 bits per heavy atom. The highest BCUT2D eigenvalue weighted by molar-refractivity contribution is 7.13. The maximum atomic E-state index is 13.5. The highest BCUT2D eigenvalue weighted by Crippen LogP contribution is 2.24. The number of halogens is 1. The van der Waals surface area contributed by atoms with Gasteiger partial charge >= 0.3 is 5.97 Å². The first-order valence-electron chi connectivity index (χ1n) is 8.13. The number of fused-ring (bicyclic) bond motifs is 1. The van der Waals surface area contributed by atoms with Gasteiger partial charge in [-0.05, 0) is 37.6 Å². The Hall–Kier alpha value is -2.74. The second kappa shape index (κ2) is 7.65. The van der Waals surface area contributed by atoms with Crippen LogP contribution in [-0.2, 0) is 27.2 Å². The molecule has 0 radical (unpaired) electrons. The van der Waals surface area contributed by atoms with Gasteiger partial charge in [-0.2, -0.15) is 0 Å². The van der Waals surface area contributed by atoms with E-state index in [2.05, 4.69) is 15.3 Å². The number of carbonyl (C=O) groups excluding carboxylic acids is 2. The lowest BCUT2D eigenvalue weighted by molar-refractivity contribution is -0.142. The Morgan fingerprint density at radius 1 is 1.35 bits per heavy atom. The molecule has 1 aromatic carbocycles. The fourth-order valence-electron chi connectivity index (χ4n) is 2.71. The summed E-state index contributed by atoms with van der Waals surface area (Å²) < 4.78 is 18.4. The lowest BCUT2D eigenvalue weighted by Crippen LogP contribution is -2.15. The first kappa shape index (κ1) is 18.1. The van der Waals surface area contributed by atoms with E-state index >= 15 is 0 Å². The van der Waals surface area contributed by atoms with Crippen LogP contribution in [0.4, 0.5) is 9.52 Å². The zero-order valence-electron chi connectivity index (χ0n) is 14.4. The standard InChI is InChI=1S/C18H18FN3O3S/c1-3-25-17(24)7-12-9-26-18(21-12)22-16(23)8-13-10(2)20-15-5-4-11(19)6-14(13)15/h4-6,9,20H,3,7-8H2,1-2H3,(H,21,22,23). The largest absolute Gasteiger partial charge is 0.466 e. The average Bonchev–Trinajstić information content (AvgIpc) is 3.12. The number of esters is 1. The van der Waals surface area contributed by atoms with Gasteiger partial charge in [0.05, 0.1) is 25.1 Å². The number of benzene rings is 1. The number of ether oxygens (including phenoxy) is 1. The molecular weight excluding hydrogens is 357 g/mol. The van der Waals surface area contributed by atoms with Gasteiger partial charge in [0.15, 0.2) is 5.13 Å². The van der Waals surface area contributed by atoms with Crippen molar-refractivity contribution >= 4 is 39.2 Å². The van der Waals surface area contributed by atoms with E-state index in [0.29, 0.717) is 22.8 Å². The van der Waals surface area contributed by atoms with Crippen LogP contribution in [0.2, 0.25) is 0 Å². The Labute approximate surface area is 153 Å². The Kier molecular flexibility index (Phi) is 5.32. The van der Waals surface area contributed by atoms with E-state index in [-0.39, 0.29) is 30.5 Å². The molecule has 3 aromatic rings. The van der Waals surface area contributed by atoms with Gasteiger partial charge in [-0.3, -0.25) is 9.59 Å². The zero-order valence-corrected chi connectivity index (χ0v) is 15.2. The number of anilines is 1. The van der Waals surface area contributed by atoms with Crippen LogP contribution in [0, 0.1) is 12.7 Å². The summed E-state index contributed by atoms with van der Waals surface area (Å²) in [5.74, 6) is -0.955. The maximum Gasteiger partial charge on any atom is 0.311 e. The predicted molar refractivity (Wildman–Crippen MR) is 97.8 cm³/mol. The van der Waals surface area contributed by atoms with Gasteiger partial charge in [0.1, 0.15) is 5.82 Å². The first-order chi connectivity index (χ1) is 12.5. The number of H-pyrrole nitrogens is 1. The molecule has 0 fully saturated rings. The third-order valence-corrected chi connectivity index (χ3v) is 4.65. The molecule has 0 unspecified atom stereocenters. The van der Waals surface area contributed by atoms with Crippen molar-refractivity contribution in [2.45, 2.75) is 26.7 Å². The summed E-state index contributed by atoms with van der Waals surface area (Å²) in [5, 5.41) is 5.54. The van der Waals surface area contributed by atoms with Crippen LogP contribution in [0.1, 0.15) is 23.9 Å². The summed E-state index contributed by atoms with van der Waals surface area (Å²) in [6.45, 7) is 3.90. The minimum atomic E-state index is -0.355. The quantitative estimate of drug-likeness (QED) is 0.647. The van der Waals surface area contributed by atoms with Crippen LogP contribution in [0.15, 0.2) is 23.6 Å². The second-order valence-corrected chi connectivity index (χ2v) is 6.63. The van der Waals surface area contributed by atoms with Crippen molar-refractivity contribution in [3.63, 3.8) is 0 Å². The van der Waals surface area contributed by atoms with Crippen molar-refractivity contribution in [3.05, 3.63) is 46.3 Å². The van der Waals surface area contributed by atoms with E-state index < -0.39 is 0 Å². The van der Waals surface area contributed by atoms with E-state index in [1.165, 1.54) is 23.5 Å². The third kappa shape index (κ3) is 4.08. The van der Waals surface area contributed by atoms with Crippen LogP contribution in [0.25, 0.3) is 10.9 Å². The van der Waals surface area contributed by atoms with Gasteiger partial charge in [-0.25, -0.2) is 9.37 Å². The lowest BCUT2D eigenvalue weighted by atomic mass is 10.1. The van der Waals surface area contributed by atoms with Crippen LogP contribution in [0.5, 0.6) is 0 Å². The molecule has 0 bridgehead atoms. The number of aryl methyl sites for hydroxylation is 1. The molecule has 0 saturated heterocycles. The number of amides is 1. The normalized spacial score (nSPS) is 10.9. The number of hydrogen-bond donors (Lipinski definition) is 2. The summed E-state index contributed by atoms with van der Waals surface area (Å²) >= 11 is 1.24. The Bertz CT molecular complexity index is 964. The molecule has 0 saturated carbocycles. The van der Waals surface area contributed by atoms with Crippen molar-refractivity contribution in [1.82, 2.24) is 9.97 Å². The second-order valence-electron chi connectivity index (χ2n) is 5.77. The van der Waals surface area contributed by atoms with E-state index in [1.807, 2.05) is 6.92 Å². The minimum absolute atomic E-state index is 0.0705. The fourth-order valence-corrected chi connectivity index (χ4v) is 3.44. The molecule has 136 valence electrons. The number of carbonyl (C=O) groups is 2. The van der Waals surface area contributed by atoms with Gasteiger partial charge in [0, 0.05) is 22.0 Å². The fraction of sp³-hybridized carbons (Fsp3) is 0.278. The summed E-state index contributed by atoms with van der Waals surface area (Å²) in [6, 6.07) is 4.45. The molecule has 0 spiro atoms. The maximum absolute atomic E-state index is 13.5. The van der Waals surface area contributed by atoms with Crippen molar-refractivity contribution in [2.75, 3.05) is 11.9 Å². The first-order valence-corrected chi connectivity index (χ1v) is 9.00. The van der Waals surface area contributed by atoms with Crippen LogP contribution in [0.3, 0.4) is 0 Å². The monoisotopic (exact) mass is 375 g/mol. The molecule has 2 aromatic heterocycles. The number of nitrogens with one attached hydrogen (secondary N) is 2. The summed E-state index contributed by atoms with van der Waals surface area (Å²) in [4.78, 5) is 31.2. The van der Waals surface area contributed by atoms with Crippen LogP contribution >= 0.6 is 11.3 Å². The molecule has 26 heavy (non-hydrogen) atoms. The Morgan fingerprint density at radius 3 is 2.92 bits per heavy atom. The molecule has 2 heterocycles. The van der Waals surface area contributed by atoms with Gasteiger partial charge in [-0.1, -0.05) is 0 Å². The van der Waals surface area contributed by atoms with E-state index in [9.17, 15) is 14.0 Å². The smallest absolute Gasteiger partial charge is 0.311 e. The molecule has 8 heteroatoms. The number of thiazole rings is 1. The van der Waals surface area contributed by atoms with Crippen LogP contribution in [-0.4, -0.2) is 28.5 Å². The summed E-state index contributed by atoms with van der Waals surface area (Å²) in [5.41, 5.74) is 2.91. The molecule has 3 rings (SSSR count). The third-order valence-electron chi connectivity index (χ3n) is 3.85. The average molecular weight is 375 g/mol. The number of nitrogens with zero attached hydrogens (tertiary/aromatic N) is 1. The van der Waals surface area contributed by atoms with E-state index in [4.69, 9.17) is 4.74 Å². The van der Waals surface area contributed by atoms with Gasteiger partial charge in [-0.15, -0.1) is 11.3 Å². The molecule has 0 aliphatic rings. The molecule has 6 nitrogen and oxygen atoms in total. The van der Waals surface area contributed by atoms with Gasteiger partial charge < -0.3 is 15.0 Å². The van der Waals surface area contributed by atoms with Crippen LogP contribution < -0.4 is 5.32 Å². The minimum Gasteiger partial charge on any atom is -0.466 e. The highest BCUT2D eigenvalue weighted by atomic mass is 32.1. The number of aromatic nitrogens is 2. The van der Waals surface area contributed by atoms with Crippen molar-refractivity contribution in [2.24, 2.45) is 0 Å². The summed E-state index contributed by atoms with van der Waals surface area (Å²) in [7, 11) is 0. The molecule has 2 N–H and O–H groups in total. The molecule has 0 atom stereocenters. The molecule has 0 aliphatic heterocycles. The van der Waals surface area contributed by atoms with Crippen molar-refractivity contribution in [1.29, 1.82) is 0 Å². The van der Waals surface area contributed by atoms with Gasteiger partial charge in [0.2, 0.25) is 5.91 Å². The molecular formula is C18H18FN3O3S. The van der Waals surface area contributed by atoms with E-state index in [1.54, 1.807) is 18.4 Å². The topological polar surface area (TPSA) is 84.1 Å². The van der Waals surface area contributed by atoms with Crippen molar-refractivity contribution in [3.8, 4) is 0 Å². The van der Waals surface area contributed by atoms with Crippen molar-refractivity contribution < 1.29 is 18.7 Å². The number of rotatable bonds is 6. The molecule has 1 amide bonds. The Balaban J connectivity index is 1.68. The number of aromatic amines is 1. The predicted octanol–water partition coefficient (Wildman–Crippen LogP) is 3.36. The SMILES string of the molecule is CCOC(=O)Cc1csc(NC(=O)Cc2c(C)[nH]c3ccc(F)cc23)n1. The highest BCUT2D eigenvalue weighted by Gasteiger charge is 2.15. The van der Waals surface area contributed by atoms with Gasteiger partial charge in [0.25, 0.3) is 0 Å². The summed E-state index contributed by atoms with van der Waals surface area (Å²) in [6.07, 6.45) is 0.170. The van der Waals surface area contributed by atoms with E-state index in [0.717, 1.165) is 16.8 Å². The zero-order chi connectivity index (χ0) is 18.7. The lowest BCUT2D eigenvalue weighted by Gasteiger charge is -2.03.